The van der Waals surface area contributed by atoms with Gasteiger partial charge in [0.05, 0.1) is 6.10 Å². The largest absolute Gasteiger partial charge is 0.376 e. The number of nitrogens with one attached hydrogen (secondary N) is 2. The van der Waals surface area contributed by atoms with Gasteiger partial charge in [0.1, 0.15) is 5.01 Å². The molecule has 2 aromatic rings. The molecule has 8 heteroatoms. The van der Waals surface area contributed by atoms with Gasteiger partial charge in [-0.25, -0.2) is 0 Å². The van der Waals surface area contributed by atoms with Crippen molar-refractivity contribution in [1.82, 2.24) is 15.5 Å². The van der Waals surface area contributed by atoms with E-state index < -0.39 is 0 Å². The molecule has 2 N–H and O–H groups in total. The molecule has 1 saturated heterocycles. The maximum atomic E-state index is 12.2. The van der Waals surface area contributed by atoms with Crippen LogP contribution >= 0.6 is 11.3 Å². The predicted molar refractivity (Wildman–Crippen MR) is 104 cm³/mol. The maximum Gasteiger partial charge on any atom is 0.286 e. The van der Waals surface area contributed by atoms with Gasteiger partial charge in [-0.1, -0.05) is 29.0 Å². The second-order valence-corrected chi connectivity index (χ2v) is 7.68. The molecule has 0 spiro atoms. The van der Waals surface area contributed by atoms with E-state index in [1.807, 2.05) is 31.2 Å². The fraction of sp³-hybridized carbons (Fsp3) is 0.474. The van der Waals surface area contributed by atoms with E-state index in [-0.39, 0.29) is 17.9 Å². The Morgan fingerprint density at radius 1 is 1.26 bits per heavy atom. The van der Waals surface area contributed by atoms with E-state index in [2.05, 4.69) is 20.8 Å². The lowest BCUT2D eigenvalue weighted by Gasteiger charge is -2.10. The minimum absolute atomic E-state index is 0.0207. The summed E-state index contributed by atoms with van der Waals surface area (Å²) in [5, 5.41) is 14.8. The summed E-state index contributed by atoms with van der Waals surface area (Å²) in [6, 6.07) is 7.57. The molecule has 1 fully saturated rings. The molecule has 0 saturated carbocycles. The van der Waals surface area contributed by atoms with E-state index in [0.717, 1.165) is 35.7 Å². The summed E-state index contributed by atoms with van der Waals surface area (Å²) in [4.78, 5) is 24.1. The number of aryl methyl sites for hydroxylation is 2. The van der Waals surface area contributed by atoms with Crippen molar-refractivity contribution in [2.24, 2.45) is 0 Å². The van der Waals surface area contributed by atoms with Gasteiger partial charge in [-0.2, -0.15) is 0 Å². The number of carbonyl (C=O) groups excluding carboxylic acids is 2. The molecule has 0 bridgehead atoms. The van der Waals surface area contributed by atoms with Gasteiger partial charge in [-0.15, -0.1) is 10.2 Å². The first-order valence-corrected chi connectivity index (χ1v) is 10.0. The van der Waals surface area contributed by atoms with Crippen molar-refractivity contribution < 1.29 is 14.3 Å². The summed E-state index contributed by atoms with van der Waals surface area (Å²) in [6.07, 6.45) is 3.97. The third-order valence-electron chi connectivity index (χ3n) is 4.32. The monoisotopic (exact) mass is 388 g/mol. The highest BCUT2D eigenvalue weighted by Crippen LogP contribution is 2.16. The summed E-state index contributed by atoms with van der Waals surface area (Å²) in [7, 11) is 0. The average molecular weight is 388 g/mol. The Balaban J connectivity index is 1.38. The number of amides is 2. The highest BCUT2D eigenvalue weighted by atomic mass is 32.1. The topological polar surface area (TPSA) is 93.2 Å². The molecule has 144 valence electrons. The van der Waals surface area contributed by atoms with Gasteiger partial charge in [0.15, 0.2) is 0 Å². The number of rotatable bonds is 8. The summed E-state index contributed by atoms with van der Waals surface area (Å²) < 4.78 is 5.48. The van der Waals surface area contributed by atoms with E-state index in [9.17, 15) is 9.59 Å². The van der Waals surface area contributed by atoms with Crippen LogP contribution in [0.1, 0.15) is 46.1 Å². The van der Waals surface area contributed by atoms with Crippen LogP contribution in [0, 0.1) is 6.92 Å². The number of carbonyl (C=O) groups is 2. The zero-order valence-electron chi connectivity index (χ0n) is 15.4. The average Bonchev–Trinajstić information content (AvgIpc) is 3.34. The summed E-state index contributed by atoms with van der Waals surface area (Å²) in [5.41, 5.74) is 1.86. The first kappa shape index (κ1) is 19.4. The Labute approximate surface area is 162 Å². The van der Waals surface area contributed by atoms with Gasteiger partial charge >= 0.3 is 0 Å². The third kappa shape index (κ3) is 6.11. The van der Waals surface area contributed by atoms with Crippen molar-refractivity contribution in [1.29, 1.82) is 0 Å². The summed E-state index contributed by atoms with van der Waals surface area (Å²) in [5.74, 6) is -0.246. The molecule has 0 aliphatic carbocycles. The van der Waals surface area contributed by atoms with Gasteiger partial charge in [0.25, 0.3) is 5.91 Å². The van der Waals surface area contributed by atoms with Crippen LogP contribution in [0.3, 0.4) is 0 Å². The third-order valence-corrected chi connectivity index (χ3v) is 5.30. The predicted octanol–water partition coefficient (Wildman–Crippen LogP) is 2.72. The highest BCUT2D eigenvalue weighted by molar-refractivity contribution is 7.13. The van der Waals surface area contributed by atoms with Crippen molar-refractivity contribution in [2.75, 3.05) is 18.5 Å². The molecule has 2 amide bonds. The van der Waals surface area contributed by atoms with E-state index in [1.54, 1.807) is 0 Å². The van der Waals surface area contributed by atoms with Crippen LogP contribution in [0.4, 0.5) is 5.69 Å². The SMILES string of the molecule is Cc1ccc(NC(=O)c2nnc(CCCC(=O)NC[C@H]3CCCO3)s2)cc1. The molecule has 1 aliphatic heterocycles. The molecule has 27 heavy (non-hydrogen) atoms. The molecule has 3 rings (SSSR count). The maximum absolute atomic E-state index is 12.2. The number of benzene rings is 1. The Kier molecular flexibility index (Phi) is 6.89. The standard InChI is InChI=1S/C19H24N4O3S/c1-13-7-9-14(10-8-13)21-18(25)19-23-22-17(27-19)6-2-5-16(24)20-12-15-4-3-11-26-15/h7-10,15H,2-6,11-12H2,1H3,(H,20,24)(H,21,25)/t15-/m1/s1. The van der Waals surface area contributed by atoms with Crippen LogP contribution in [-0.2, 0) is 16.0 Å². The minimum atomic E-state index is -0.267. The molecule has 0 radical (unpaired) electrons. The van der Waals surface area contributed by atoms with Gasteiger partial charge in [0.2, 0.25) is 10.9 Å². The fourth-order valence-electron chi connectivity index (χ4n) is 2.79. The number of hydrogen-bond acceptors (Lipinski definition) is 6. The number of anilines is 1. The Hall–Kier alpha value is -2.32. The van der Waals surface area contributed by atoms with Crippen LogP contribution in [0.5, 0.6) is 0 Å². The van der Waals surface area contributed by atoms with E-state index in [1.165, 1.54) is 11.3 Å². The Morgan fingerprint density at radius 2 is 2.07 bits per heavy atom. The van der Waals surface area contributed by atoms with Crippen LogP contribution in [-0.4, -0.2) is 41.3 Å². The molecule has 1 aliphatic rings. The number of ether oxygens (including phenoxy) is 1. The zero-order chi connectivity index (χ0) is 19.1. The van der Waals surface area contributed by atoms with Crippen LogP contribution in [0.2, 0.25) is 0 Å². The molecule has 1 aromatic heterocycles. The second-order valence-electron chi connectivity index (χ2n) is 6.61. The fourth-order valence-corrected chi connectivity index (χ4v) is 3.57. The highest BCUT2D eigenvalue weighted by Gasteiger charge is 2.16. The molecule has 0 unspecified atom stereocenters. The molecule has 1 atom stereocenters. The van der Waals surface area contributed by atoms with Crippen molar-refractivity contribution in [3.63, 3.8) is 0 Å². The van der Waals surface area contributed by atoms with Crippen molar-refractivity contribution in [3.05, 3.63) is 39.8 Å². The van der Waals surface area contributed by atoms with Crippen molar-refractivity contribution in [3.8, 4) is 0 Å². The molecular weight excluding hydrogens is 364 g/mol. The number of hydrogen-bond donors (Lipinski definition) is 2. The Morgan fingerprint density at radius 3 is 2.81 bits per heavy atom. The molecule has 7 nitrogen and oxygen atoms in total. The second kappa shape index (κ2) is 9.57. The number of aromatic nitrogens is 2. The van der Waals surface area contributed by atoms with Crippen LogP contribution in [0.15, 0.2) is 24.3 Å². The van der Waals surface area contributed by atoms with E-state index in [4.69, 9.17) is 4.74 Å². The summed E-state index contributed by atoms with van der Waals surface area (Å²) in [6.45, 7) is 3.36. The van der Waals surface area contributed by atoms with E-state index >= 15 is 0 Å². The lowest BCUT2D eigenvalue weighted by molar-refractivity contribution is -0.121. The quantitative estimate of drug-likeness (QED) is 0.725. The first-order chi connectivity index (χ1) is 13.1. The van der Waals surface area contributed by atoms with E-state index in [0.29, 0.717) is 30.8 Å². The zero-order valence-corrected chi connectivity index (χ0v) is 16.2. The van der Waals surface area contributed by atoms with Crippen molar-refractivity contribution in [2.45, 2.75) is 45.1 Å². The van der Waals surface area contributed by atoms with Gasteiger partial charge < -0.3 is 15.4 Å². The molecule has 2 heterocycles. The van der Waals surface area contributed by atoms with Crippen molar-refractivity contribution >= 4 is 28.8 Å². The normalized spacial score (nSPS) is 16.3. The van der Waals surface area contributed by atoms with Gasteiger partial charge in [-0.3, -0.25) is 9.59 Å². The van der Waals surface area contributed by atoms with Crippen LogP contribution < -0.4 is 10.6 Å². The molecular formula is C19H24N4O3S. The molecule has 1 aromatic carbocycles. The lowest BCUT2D eigenvalue weighted by atomic mass is 10.2. The minimum Gasteiger partial charge on any atom is -0.376 e. The summed E-state index contributed by atoms with van der Waals surface area (Å²) >= 11 is 1.26. The number of nitrogens with zero attached hydrogens (tertiary/aromatic N) is 2. The smallest absolute Gasteiger partial charge is 0.286 e. The van der Waals surface area contributed by atoms with Gasteiger partial charge in [0, 0.05) is 31.7 Å². The first-order valence-electron chi connectivity index (χ1n) is 9.19. The lowest BCUT2D eigenvalue weighted by Crippen LogP contribution is -2.31. The van der Waals surface area contributed by atoms with Crippen LogP contribution in [0.25, 0.3) is 0 Å². The van der Waals surface area contributed by atoms with Gasteiger partial charge in [-0.05, 0) is 38.3 Å². The Bertz CT molecular complexity index is 770.